The van der Waals surface area contributed by atoms with Gasteiger partial charge in [-0.1, -0.05) is 24.3 Å². The minimum absolute atomic E-state index is 0.0138. The zero-order chi connectivity index (χ0) is 27.2. The molecule has 0 fully saturated rings. The fourth-order valence-electron chi connectivity index (χ4n) is 3.54. The molecule has 38 heavy (non-hydrogen) atoms. The van der Waals surface area contributed by atoms with E-state index in [1.807, 2.05) is 0 Å². The Morgan fingerprint density at radius 1 is 0.605 bits per heavy atom. The van der Waals surface area contributed by atoms with Gasteiger partial charge in [-0.3, -0.25) is 0 Å². The molecule has 0 radical (unpaired) electrons. The smallest absolute Gasteiger partial charge is 0.344 e. The van der Waals surface area contributed by atoms with E-state index in [1.54, 1.807) is 48.5 Å². The van der Waals surface area contributed by atoms with Crippen LogP contribution in [-0.4, -0.2) is 38.3 Å². The van der Waals surface area contributed by atoms with Gasteiger partial charge in [-0.25, -0.2) is 14.4 Å². The summed E-state index contributed by atoms with van der Waals surface area (Å²) in [5.74, 6) is -3.22. The molecule has 10 heteroatoms. The molecule has 0 bridgehead atoms. The van der Waals surface area contributed by atoms with Crippen molar-refractivity contribution in [2.45, 2.75) is 6.61 Å². The first kappa shape index (κ1) is 25.7. The highest BCUT2D eigenvalue weighted by Gasteiger charge is 2.19. The van der Waals surface area contributed by atoms with Crippen LogP contribution in [0.4, 0.5) is 0 Å². The largest absolute Gasteiger partial charge is 0.508 e. The number of carbonyl (C=O) groups excluding carboxylic acids is 1. The van der Waals surface area contributed by atoms with Gasteiger partial charge in [0.05, 0.1) is 16.7 Å². The zero-order valence-corrected chi connectivity index (χ0v) is 19.5. The Hall–Kier alpha value is -5.35. The van der Waals surface area contributed by atoms with E-state index in [0.717, 1.165) is 23.3 Å². The molecule has 0 aliphatic carbocycles. The average molecular weight is 516 g/mol. The van der Waals surface area contributed by atoms with E-state index in [4.69, 9.17) is 14.5 Å². The average Bonchev–Trinajstić information content (AvgIpc) is 2.89. The second kappa shape index (κ2) is 11.1. The quantitative estimate of drug-likeness (QED) is 0.104. The summed E-state index contributed by atoms with van der Waals surface area (Å²) in [7, 11) is 0. The van der Waals surface area contributed by atoms with Crippen molar-refractivity contribution in [1.29, 1.82) is 0 Å². The highest BCUT2D eigenvalue weighted by Crippen LogP contribution is 2.26. The number of aromatic carboxylic acids is 2. The second-order valence-electron chi connectivity index (χ2n) is 7.97. The van der Waals surface area contributed by atoms with Crippen LogP contribution in [0.2, 0.25) is 0 Å². The molecule has 192 valence electrons. The van der Waals surface area contributed by atoms with Crippen molar-refractivity contribution in [1.82, 2.24) is 0 Å². The van der Waals surface area contributed by atoms with Gasteiger partial charge < -0.3 is 30.1 Å². The number of benzene rings is 4. The van der Waals surface area contributed by atoms with Crippen LogP contribution in [0.3, 0.4) is 0 Å². The maximum Gasteiger partial charge on any atom is 0.344 e. The van der Waals surface area contributed by atoms with Gasteiger partial charge in [0.1, 0.15) is 23.9 Å². The minimum atomic E-state index is -1.32. The lowest BCUT2D eigenvalue weighted by Gasteiger charge is -2.10. The van der Waals surface area contributed by atoms with E-state index in [1.165, 1.54) is 24.3 Å². The normalized spacial score (nSPS) is 10.5. The molecule has 4 aromatic carbocycles. The van der Waals surface area contributed by atoms with Gasteiger partial charge in [0.2, 0.25) is 0 Å². The maximum absolute atomic E-state index is 12.5. The first-order valence-electron chi connectivity index (χ1n) is 11.0. The van der Waals surface area contributed by atoms with E-state index in [-0.39, 0.29) is 46.1 Å². The van der Waals surface area contributed by atoms with Gasteiger partial charge >= 0.3 is 17.9 Å². The van der Waals surface area contributed by atoms with Crippen LogP contribution in [0, 0.1) is 0 Å². The molecule has 0 aromatic heterocycles. The Bertz CT molecular complexity index is 1490. The third-order valence-corrected chi connectivity index (χ3v) is 5.39. The summed E-state index contributed by atoms with van der Waals surface area (Å²) in [5.41, 5.74) is 1.25. The summed E-state index contributed by atoms with van der Waals surface area (Å²) in [5, 5.41) is 37.7. The van der Waals surface area contributed by atoms with Crippen LogP contribution in [-0.2, 0) is 11.5 Å². The number of ether oxygens (including phenoxy) is 1. The molecule has 4 aromatic rings. The maximum atomic E-state index is 12.5. The predicted molar refractivity (Wildman–Crippen MR) is 132 cm³/mol. The van der Waals surface area contributed by atoms with Crippen molar-refractivity contribution in [3.63, 3.8) is 0 Å². The second-order valence-corrected chi connectivity index (χ2v) is 7.97. The Labute approximate surface area is 215 Å². The van der Waals surface area contributed by atoms with E-state index in [2.05, 4.69) is 0 Å². The Morgan fingerprint density at radius 2 is 1.13 bits per heavy atom. The number of phenols is 2. The molecule has 10 nitrogen and oxygen atoms in total. The van der Waals surface area contributed by atoms with E-state index in [9.17, 15) is 34.8 Å². The number of aromatic hydroxyl groups is 2. The van der Waals surface area contributed by atoms with Crippen molar-refractivity contribution >= 4 is 17.9 Å². The molecule has 0 aliphatic rings. The molecule has 4 rings (SSSR count). The number of esters is 1. The van der Waals surface area contributed by atoms with E-state index < -0.39 is 17.9 Å². The lowest BCUT2D eigenvalue weighted by Crippen LogP contribution is -2.14. The highest BCUT2D eigenvalue weighted by atomic mass is 17.2. The molecule has 4 N–H and O–H groups in total. The van der Waals surface area contributed by atoms with Crippen LogP contribution < -0.4 is 9.62 Å². The van der Waals surface area contributed by atoms with Gasteiger partial charge in [0.25, 0.3) is 0 Å². The Balaban J connectivity index is 1.37. The number of hydrogen-bond donors (Lipinski definition) is 4. The molecule has 0 aliphatic heterocycles. The topological polar surface area (TPSA) is 160 Å². The molecular formula is C28H20O10. The summed E-state index contributed by atoms with van der Waals surface area (Å²) in [4.78, 5) is 45.5. The first-order chi connectivity index (χ1) is 18.2. The van der Waals surface area contributed by atoms with Crippen LogP contribution in [0.5, 0.6) is 23.0 Å². The summed E-state index contributed by atoms with van der Waals surface area (Å²) >= 11 is 0. The van der Waals surface area contributed by atoms with Gasteiger partial charge in [-0.2, -0.15) is 4.89 Å². The summed E-state index contributed by atoms with van der Waals surface area (Å²) in [6.07, 6.45) is 0. The number of hydrogen-bond acceptors (Lipinski definition) is 8. The Morgan fingerprint density at radius 3 is 1.71 bits per heavy atom. The summed E-state index contributed by atoms with van der Waals surface area (Å²) < 4.78 is 5.27. The van der Waals surface area contributed by atoms with Crippen molar-refractivity contribution in [2.24, 2.45) is 0 Å². The number of phenolic OH excluding ortho intramolecular Hbond substituents is 2. The van der Waals surface area contributed by atoms with Gasteiger partial charge in [-0.15, -0.1) is 0 Å². The monoisotopic (exact) mass is 516 g/mol. The molecule has 0 amide bonds. The standard InChI is InChI=1S/C28H20O10/c29-19-5-11-23(26(31)32)18(13-19)15-36-38-22-9-3-17(4-10-22)16-1-7-21(8-2-16)37-28(35)25-14-20(30)6-12-24(25)27(33)34/h1-14,29-30H,15H2,(H,31,32)(H,33,34). The van der Waals surface area contributed by atoms with E-state index in [0.29, 0.717) is 5.75 Å². The molecular weight excluding hydrogens is 496 g/mol. The molecule has 0 saturated carbocycles. The van der Waals surface area contributed by atoms with Crippen molar-refractivity contribution in [3.8, 4) is 34.1 Å². The van der Waals surface area contributed by atoms with Crippen LogP contribution in [0.25, 0.3) is 11.1 Å². The van der Waals surface area contributed by atoms with Crippen LogP contribution in [0.1, 0.15) is 36.6 Å². The molecule has 0 saturated heterocycles. The molecule has 0 heterocycles. The number of carboxylic acid groups (broad SMARTS) is 2. The van der Waals surface area contributed by atoms with E-state index >= 15 is 0 Å². The fraction of sp³-hybridized carbons (Fsp3) is 0.0357. The molecule has 0 spiro atoms. The highest BCUT2D eigenvalue weighted by molar-refractivity contribution is 6.03. The number of carbonyl (C=O) groups is 3. The van der Waals surface area contributed by atoms with Gasteiger partial charge in [0.15, 0.2) is 5.75 Å². The minimum Gasteiger partial charge on any atom is -0.508 e. The summed E-state index contributed by atoms with van der Waals surface area (Å²) in [6, 6.07) is 20.4. The lowest BCUT2D eigenvalue weighted by atomic mass is 10.1. The van der Waals surface area contributed by atoms with Crippen molar-refractivity contribution in [2.75, 3.05) is 0 Å². The number of carboxylic acids is 2. The van der Waals surface area contributed by atoms with Crippen LogP contribution >= 0.6 is 0 Å². The van der Waals surface area contributed by atoms with Gasteiger partial charge in [-0.05, 0) is 71.8 Å². The van der Waals surface area contributed by atoms with Crippen molar-refractivity contribution < 1.29 is 49.3 Å². The third kappa shape index (κ3) is 6.07. The van der Waals surface area contributed by atoms with Crippen molar-refractivity contribution in [3.05, 3.63) is 107 Å². The zero-order valence-electron chi connectivity index (χ0n) is 19.5. The molecule has 0 atom stereocenters. The van der Waals surface area contributed by atoms with Gasteiger partial charge in [0, 0.05) is 5.56 Å². The summed E-state index contributed by atoms with van der Waals surface area (Å²) in [6.45, 7) is -0.200. The Kier molecular flexibility index (Phi) is 7.55. The lowest BCUT2D eigenvalue weighted by molar-refractivity contribution is -0.217. The predicted octanol–water partition coefficient (Wildman–Crippen LogP) is 4.89. The molecule has 0 unspecified atom stereocenters. The SMILES string of the molecule is O=C(O)c1ccc(O)cc1COOc1ccc(-c2ccc(OC(=O)c3cc(O)ccc3C(=O)O)cc2)cc1. The first-order valence-corrected chi connectivity index (χ1v) is 11.0. The van der Waals surface area contributed by atoms with Crippen LogP contribution in [0.15, 0.2) is 84.9 Å². The fourth-order valence-corrected chi connectivity index (χ4v) is 3.54. The third-order valence-electron chi connectivity index (χ3n) is 5.39. The number of rotatable bonds is 9.